The van der Waals surface area contributed by atoms with Gasteiger partial charge in [-0.25, -0.2) is 0 Å². The third kappa shape index (κ3) is 11.9. The van der Waals surface area contributed by atoms with Gasteiger partial charge in [0.15, 0.2) is 0 Å². The van der Waals surface area contributed by atoms with Gasteiger partial charge in [-0.15, -0.1) is 35.4 Å². The molecule has 0 saturated carbocycles. The zero-order valence-corrected chi connectivity index (χ0v) is 28.6. The maximum atomic E-state index is 7.06. The monoisotopic (exact) mass is 797 g/mol. The average Bonchev–Trinajstić information content (AvgIpc) is 3.17. The molecule has 228 valence electrons. The molecule has 0 aliphatic heterocycles. The van der Waals surface area contributed by atoms with Crippen molar-refractivity contribution in [2.45, 2.75) is 0 Å². The van der Waals surface area contributed by atoms with Crippen LogP contribution < -0.4 is 0 Å². The van der Waals surface area contributed by atoms with Gasteiger partial charge >= 0.3 is 21.1 Å². The Kier molecular flexibility index (Phi) is 13.8. The van der Waals surface area contributed by atoms with Crippen LogP contribution in [0.3, 0.4) is 0 Å². The molecule has 6 aromatic carbocycles. The van der Waals surface area contributed by atoms with Gasteiger partial charge < -0.3 is 12.8 Å². The van der Waals surface area contributed by atoms with Crippen LogP contribution in [0, 0.1) is 72.1 Å². The minimum Gasteiger partial charge on any atom is -0.366 e. The predicted molar refractivity (Wildman–Crippen MR) is 195 cm³/mol. The van der Waals surface area contributed by atoms with Gasteiger partial charge in [-0.1, -0.05) is 108 Å². The van der Waals surface area contributed by atoms with Crippen molar-refractivity contribution in [3.05, 3.63) is 226 Å². The summed E-state index contributed by atoms with van der Waals surface area (Å²) in [5, 5.41) is 0. The largest absolute Gasteiger partial charge is 2.00 e. The fourth-order valence-electron chi connectivity index (χ4n) is 4.17. The summed E-state index contributed by atoms with van der Waals surface area (Å²) in [6.07, 6.45) is 14.1. The van der Waals surface area contributed by atoms with Crippen molar-refractivity contribution >= 4 is 0 Å². The molecule has 0 aromatic heterocycles. The molecule has 0 heterocycles. The van der Waals surface area contributed by atoms with Gasteiger partial charge in [-0.3, -0.25) is 11.8 Å². The molecule has 0 aliphatic carbocycles. The van der Waals surface area contributed by atoms with Crippen molar-refractivity contribution in [1.82, 2.24) is 0 Å². The van der Waals surface area contributed by atoms with Crippen LogP contribution in [-0.4, -0.2) is 0 Å². The van der Waals surface area contributed by atoms with E-state index in [1.165, 1.54) is 0 Å². The smallest absolute Gasteiger partial charge is 0.366 e. The van der Waals surface area contributed by atoms with Crippen molar-refractivity contribution < 1.29 is 21.1 Å². The summed E-state index contributed by atoms with van der Waals surface area (Å²) in [4.78, 5) is 0. The van der Waals surface area contributed by atoms with Crippen LogP contribution in [0.5, 0.6) is 0 Å². The van der Waals surface area contributed by atoms with Gasteiger partial charge in [0.05, 0.1) is 0 Å². The standard InChI is InChI=1S/2C24H13.Pt/c2*1-2-20-8-10-22(11-9-20)14-15-24-18-16-23(17-19-24)13-12-21-6-4-3-5-7-21;/h2*3-11,16-19H;/q2*-1;+2. The van der Waals surface area contributed by atoms with E-state index in [4.69, 9.17) is 12.8 Å². The Morgan fingerprint density at radius 1 is 0.224 bits per heavy atom. The molecule has 0 unspecified atom stereocenters. The van der Waals surface area contributed by atoms with Crippen LogP contribution in [0.15, 0.2) is 158 Å². The Balaban J connectivity index is 0.000000216. The number of benzene rings is 6. The van der Waals surface area contributed by atoms with Crippen LogP contribution in [0.2, 0.25) is 0 Å². The molecule has 0 bridgehead atoms. The summed E-state index contributed by atoms with van der Waals surface area (Å²) < 4.78 is 0. The summed E-state index contributed by atoms with van der Waals surface area (Å²) in [7, 11) is 0. The first-order valence-electron chi connectivity index (χ1n) is 15.1. The van der Waals surface area contributed by atoms with E-state index >= 15 is 0 Å². The van der Waals surface area contributed by atoms with E-state index in [9.17, 15) is 0 Å². The molecule has 0 radical (unpaired) electrons. The summed E-state index contributed by atoms with van der Waals surface area (Å²) in [5.41, 5.74) is 9.18. The van der Waals surface area contributed by atoms with Gasteiger partial charge in [0, 0.05) is 44.5 Å². The Morgan fingerprint density at radius 2 is 0.388 bits per heavy atom. The minimum atomic E-state index is 0. The molecule has 0 atom stereocenters. The van der Waals surface area contributed by atoms with E-state index in [0.29, 0.717) is 0 Å². The van der Waals surface area contributed by atoms with Gasteiger partial charge in [-0.2, -0.15) is 0 Å². The van der Waals surface area contributed by atoms with Crippen molar-refractivity contribution in [1.29, 1.82) is 0 Å². The zero-order valence-electron chi connectivity index (χ0n) is 26.3. The maximum Gasteiger partial charge on any atom is 2.00 e. The second kappa shape index (κ2) is 19.1. The van der Waals surface area contributed by atoms with Crippen molar-refractivity contribution in [3.63, 3.8) is 0 Å². The van der Waals surface area contributed by atoms with Crippen molar-refractivity contribution in [3.8, 4) is 59.2 Å². The van der Waals surface area contributed by atoms with Crippen molar-refractivity contribution in [2.24, 2.45) is 0 Å². The van der Waals surface area contributed by atoms with Crippen LogP contribution in [0.4, 0.5) is 0 Å². The third-order valence-electron chi connectivity index (χ3n) is 6.78. The van der Waals surface area contributed by atoms with E-state index in [2.05, 4.69) is 59.2 Å². The summed E-state index contributed by atoms with van der Waals surface area (Å²) in [6.45, 7) is 0. The topological polar surface area (TPSA) is 0 Å². The fraction of sp³-hybridized carbons (Fsp3) is 0. The number of hydrogen-bond acceptors (Lipinski definition) is 0. The molecule has 6 aromatic rings. The number of rotatable bonds is 0. The van der Waals surface area contributed by atoms with E-state index in [1.54, 1.807) is 0 Å². The molecule has 1 heteroatoms. The molecular weight excluding hydrogens is 772 g/mol. The van der Waals surface area contributed by atoms with Crippen LogP contribution in [0.1, 0.15) is 55.6 Å². The summed E-state index contributed by atoms with van der Waals surface area (Å²) >= 11 is 0. The van der Waals surface area contributed by atoms with Crippen molar-refractivity contribution in [2.75, 3.05) is 0 Å². The molecule has 0 amide bonds. The first kappa shape index (κ1) is 35.2. The molecule has 6 rings (SSSR count). The Bertz CT molecular complexity index is 2130. The van der Waals surface area contributed by atoms with E-state index in [0.717, 1.165) is 55.6 Å². The molecule has 0 fully saturated rings. The molecular formula is C48H26Pt. The van der Waals surface area contributed by atoms with Crippen LogP contribution >= 0.6 is 0 Å². The van der Waals surface area contributed by atoms with E-state index in [1.807, 2.05) is 158 Å². The zero-order chi connectivity index (χ0) is 33.2. The fourth-order valence-corrected chi connectivity index (χ4v) is 4.17. The molecule has 0 spiro atoms. The average molecular weight is 798 g/mol. The first-order chi connectivity index (χ1) is 23.7. The SMILES string of the molecule is [C-]#Cc1ccc(C#Cc2ccc(C#Cc3ccccc3)cc2)cc1.[C-]#Cc1ccc(C#Cc2ccc(C#Cc3ccccc3)cc2)cc1.[Pt+2]. The van der Waals surface area contributed by atoms with Gasteiger partial charge in [0.1, 0.15) is 0 Å². The summed E-state index contributed by atoms with van der Waals surface area (Å²) in [5.74, 6) is 29.8. The van der Waals surface area contributed by atoms with Gasteiger partial charge in [0.2, 0.25) is 0 Å². The third-order valence-corrected chi connectivity index (χ3v) is 6.78. The molecule has 0 saturated heterocycles. The molecule has 0 aliphatic rings. The molecule has 0 nitrogen and oxygen atoms in total. The predicted octanol–water partition coefficient (Wildman–Crippen LogP) is 8.85. The van der Waals surface area contributed by atoms with Crippen LogP contribution in [0.25, 0.3) is 0 Å². The summed E-state index contributed by atoms with van der Waals surface area (Å²) in [6, 6.07) is 50.6. The van der Waals surface area contributed by atoms with Gasteiger partial charge in [0.25, 0.3) is 0 Å². The number of hydrogen-bond donors (Lipinski definition) is 0. The second-order valence-corrected chi connectivity index (χ2v) is 10.3. The van der Waals surface area contributed by atoms with E-state index < -0.39 is 0 Å². The Hall–Kier alpha value is -6.63. The molecule has 49 heavy (non-hydrogen) atoms. The van der Waals surface area contributed by atoms with Gasteiger partial charge in [-0.05, 0) is 72.8 Å². The Morgan fingerprint density at radius 3 is 0.571 bits per heavy atom. The maximum absolute atomic E-state index is 7.06. The van der Waals surface area contributed by atoms with E-state index in [-0.39, 0.29) is 21.1 Å². The molecule has 0 N–H and O–H groups in total. The quantitative estimate of drug-likeness (QED) is 0.107. The minimum absolute atomic E-state index is 0. The Labute approximate surface area is 304 Å². The van der Waals surface area contributed by atoms with Crippen LogP contribution in [-0.2, 0) is 21.1 Å². The normalized spacial score (nSPS) is 8.78. The second-order valence-electron chi connectivity index (χ2n) is 10.3. The first-order valence-corrected chi connectivity index (χ1v) is 15.1.